The summed E-state index contributed by atoms with van der Waals surface area (Å²) in [7, 11) is 0. The highest BCUT2D eigenvalue weighted by Crippen LogP contribution is 2.36. The van der Waals surface area contributed by atoms with Crippen molar-refractivity contribution < 1.29 is 97.2 Å². The first-order valence-electron chi connectivity index (χ1n) is 30.6. The van der Waals surface area contributed by atoms with Crippen LogP contribution in [0.4, 0.5) is 25.1 Å². The molecule has 1 aliphatic carbocycles. The second-order valence-electron chi connectivity index (χ2n) is 26.9. The van der Waals surface area contributed by atoms with E-state index in [-0.39, 0.29) is 31.3 Å². The predicted molar refractivity (Wildman–Crippen MR) is 341 cm³/mol. The van der Waals surface area contributed by atoms with Crippen LogP contribution in [0.1, 0.15) is 100 Å². The molecule has 2 aliphatic heterocycles. The number of rotatable bonds is 20. The molecule has 3 fully saturated rings. The Morgan fingerprint density at radius 1 is 0.646 bits per heavy atom. The molecule has 1 saturated carbocycles. The van der Waals surface area contributed by atoms with Gasteiger partial charge in [-0.05, 0) is 114 Å². The lowest BCUT2D eigenvalue weighted by Gasteiger charge is -2.49. The lowest BCUT2D eigenvalue weighted by molar-refractivity contribution is -0.333. The molecule has 5 aromatic rings. The maximum absolute atomic E-state index is 13.7. The van der Waals surface area contributed by atoms with Crippen LogP contribution in [0.3, 0.4) is 0 Å². The van der Waals surface area contributed by atoms with Crippen LogP contribution in [0.2, 0.25) is 10.0 Å². The Hall–Kier alpha value is -7.19. The molecule has 0 radical (unpaired) electrons. The van der Waals surface area contributed by atoms with Crippen molar-refractivity contribution in [2.24, 2.45) is 0 Å². The van der Waals surface area contributed by atoms with Gasteiger partial charge in [-0.1, -0.05) is 34.5 Å². The number of thiazole rings is 1. The molecule has 15 atom stereocenters. The van der Waals surface area contributed by atoms with E-state index in [4.69, 9.17) is 65.8 Å². The molecule has 5 heterocycles. The SMILES string of the molecule is CC(C)(C)OC(=O)NC[C@H]1O[C@H](O[C@H]2[C@H](O)[C@@H](O[C@H]3O[C@H](Cn4cc(CNC(=O)COc5ccc6sc(CNc7nncc(-c8c(Cl)cccc8Cl)n7)nc6c5)nn4)[C@@H](O)[C@H](NC(=O)OC(C)(C)C)[C@H]3O)[C@H](NC(=O)OC(C)(C)C)C[C@@H]2NC(=O)OC(C)(C)C)[C@H](O)[C@@H](O)[C@@H]1O. The predicted octanol–water partition coefficient (Wildman–Crippen LogP) is 3.35. The van der Waals surface area contributed by atoms with Crippen LogP contribution < -0.4 is 36.6 Å². The Morgan fingerprint density at radius 3 is 1.82 bits per heavy atom. The van der Waals surface area contributed by atoms with Gasteiger partial charge in [-0.3, -0.25) is 4.79 Å². The Kier molecular flexibility index (Phi) is 24.2. The van der Waals surface area contributed by atoms with Crippen molar-refractivity contribution in [3.05, 3.63) is 69.5 Å². The number of alkyl carbamates (subject to hydrolysis) is 4. The summed E-state index contributed by atoms with van der Waals surface area (Å²) in [5.74, 6) is 0.0607. The van der Waals surface area contributed by atoms with Crippen molar-refractivity contribution in [2.45, 2.75) is 223 Å². The Morgan fingerprint density at radius 2 is 1.22 bits per heavy atom. The molecular weight excluding hydrogens is 1330 g/mol. The maximum Gasteiger partial charge on any atom is 0.408 e. The van der Waals surface area contributed by atoms with Gasteiger partial charge in [0.25, 0.3) is 5.91 Å². The second-order valence-corrected chi connectivity index (χ2v) is 28.8. The number of hydrogen-bond donors (Lipinski definition) is 12. The number of halogens is 2. The molecule has 528 valence electrons. The highest BCUT2D eigenvalue weighted by atomic mass is 35.5. The minimum atomic E-state index is -2.08. The summed E-state index contributed by atoms with van der Waals surface area (Å²) in [4.78, 5) is 75.7. The van der Waals surface area contributed by atoms with Crippen LogP contribution >= 0.6 is 34.5 Å². The van der Waals surface area contributed by atoms with Crippen LogP contribution in [-0.2, 0) is 62.3 Å². The number of aromatic nitrogens is 7. The van der Waals surface area contributed by atoms with Crippen molar-refractivity contribution >= 4 is 81.0 Å². The average Bonchev–Trinajstić information content (AvgIpc) is 1.01. The molecule has 0 bridgehead atoms. The van der Waals surface area contributed by atoms with E-state index in [1.165, 1.54) is 28.4 Å². The highest BCUT2D eigenvalue weighted by Gasteiger charge is 2.55. The number of hydrogen-bond acceptors (Lipinski definition) is 28. The van der Waals surface area contributed by atoms with E-state index in [9.17, 15) is 54.6 Å². The maximum atomic E-state index is 13.7. The van der Waals surface area contributed by atoms with Gasteiger partial charge in [0.15, 0.2) is 19.2 Å². The number of aliphatic hydroxyl groups excluding tert-OH is 6. The van der Waals surface area contributed by atoms with Gasteiger partial charge in [0, 0.05) is 18.2 Å². The first-order chi connectivity index (χ1) is 44.8. The fourth-order valence-electron chi connectivity index (χ4n) is 10.2. The van der Waals surface area contributed by atoms with Gasteiger partial charge in [0.1, 0.15) is 99.9 Å². The minimum absolute atomic E-state index is 0.149. The molecule has 12 N–H and O–H groups in total. The third-order valence-corrected chi connectivity index (χ3v) is 15.9. The Balaban J connectivity index is 0.971. The summed E-state index contributed by atoms with van der Waals surface area (Å²) in [6.45, 7) is 18.0. The summed E-state index contributed by atoms with van der Waals surface area (Å²) < 4.78 is 54.7. The van der Waals surface area contributed by atoms with E-state index >= 15 is 0 Å². The second kappa shape index (κ2) is 31.1. The van der Waals surface area contributed by atoms with Crippen LogP contribution in [0, 0.1) is 0 Å². The lowest BCUT2D eigenvalue weighted by Crippen LogP contribution is -2.70. The number of amides is 5. The quantitative estimate of drug-likeness (QED) is 0.0497. The van der Waals surface area contributed by atoms with Crippen molar-refractivity contribution in [3.8, 4) is 17.0 Å². The zero-order chi connectivity index (χ0) is 70.4. The average molecular weight is 1410 g/mol. The molecule has 0 spiro atoms. The minimum Gasteiger partial charge on any atom is -0.484 e. The smallest absolute Gasteiger partial charge is 0.408 e. The van der Waals surface area contributed by atoms with E-state index in [1.54, 1.807) is 119 Å². The topological polar surface area (TPSA) is 444 Å². The van der Waals surface area contributed by atoms with Gasteiger partial charge >= 0.3 is 24.4 Å². The van der Waals surface area contributed by atoms with E-state index in [1.807, 2.05) is 0 Å². The monoisotopic (exact) mass is 1410 g/mol. The first kappa shape index (κ1) is 74.6. The highest BCUT2D eigenvalue weighted by molar-refractivity contribution is 7.18. The van der Waals surface area contributed by atoms with Crippen molar-refractivity contribution in [3.63, 3.8) is 0 Å². The van der Waals surface area contributed by atoms with Crippen LogP contribution in [-0.4, -0.2) is 223 Å². The number of anilines is 1. The normalized spacial score (nSPS) is 26.4. The van der Waals surface area contributed by atoms with E-state index in [0.717, 1.165) is 4.70 Å². The summed E-state index contributed by atoms with van der Waals surface area (Å²) in [5.41, 5.74) is -2.34. The summed E-state index contributed by atoms with van der Waals surface area (Å²) >= 11 is 14.2. The van der Waals surface area contributed by atoms with Gasteiger partial charge < -0.3 is 105 Å². The van der Waals surface area contributed by atoms with Gasteiger partial charge in [-0.2, -0.15) is 5.10 Å². The molecule has 3 aromatic heterocycles. The Bertz CT molecular complexity index is 3490. The fourth-order valence-corrected chi connectivity index (χ4v) is 11.7. The summed E-state index contributed by atoms with van der Waals surface area (Å²) in [6.07, 6.45) is -23.7. The zero-order valence-corrected chi connectivity index (χ0v) is 57.0. The van der Waals surface area contributed by atoms with Gasteiger partial charge in [0.2, 0.25) is 5.95 Å². The number of carbonyl (C=O) groups excluding carboxylic acids is 5. The molecule has 8 rings (SSSR count). The van der Waals surface area contributed by atoms with Crippen LogP contribution in [0.5, 0.6) is 5.75 Å². The number of fused-ring (bicyclic) bond motifs is 1. The molecule has 5 amide bonds. The molecule has 33 nitrogen and oxygen atoms in total. The molecule has 96 heavy (non-hydrogen) atoms. The number of aliphatic hydroxyl groups is 6. The van der Waals surface area contributed by atoms with Crippen LogP contribution in [0.15, 0.2) is 48.8 Å². The van der Waals surface area contributed by atoms with E-state index in [0.29, 0.717) is 37.6 Å². The van der Waals surface area contributed by atoms with Crippen molar-refractivity contribution in [1.29, 1.82) is 0 Å². The zero-order valence-electron chi connectivity index (χ0n) is 54.7. The largest absolute Gasteiger partial charge is 0.484 e. The molecule has 0 unspecified atom stereocenters. The third kappa shape index (κ3) is 20.9. The standard InChI is InChI=1S/C60H83Cl2N13O20S/c1-57(2,3)92-53(83)65-22-35-43(78)45(80)46(81)51(88-35)91-49-33(70-55(85)94-59(7,8)9)19-32(69-54(84)93-58(4,5)6)48(47(49)82)90-50-44(79)41(71-56(86)95-60(10,11)12)42(77)36(89-50)25-75-24-27(72-74-75)20-63-38(76)26-87-28-16-17-37-31(18-28)67-39(96-37)23-64-52-68-34(21-66-73-52)40-29(61)14-13-15-30(40)62/h13-18,21,24,32-33,35-36,41-51,77-82H,19-20,22-23,25-26H2,1-12H3,(H,63,76)(H,65,83)(H,69,84)(H,70,85)(H,71,86)(H,64,68,73)/t32-,33+,35-,36-,41+,42-,43-,44-,45+,46-,47-,48+,49-,50-,51-/m1/s1. The fraction of sp³-hybridized carbons (Fsp3) is 0.617. The van der Waals surface area contributed by atoms with E-state index < -0.39 is 164 Å². The number of nitrogens with zero attached hydrogens (tertiary/aromatic N) is 7. The first-order valence-corrected chi connectivity index (χ1v) is 32.1. The third-order valence-electron chi connectivity index (χ3n) is 14.2. The van der Waals surface area contributed by atoms with Gasteiger partial charge in [0.05, 0.1) is 76.1 Å². The summed E-state index contributed by atoms with van der Waals surface area (Å²) in [5, 5.41) is 104. The lowest BCUT2D eigenvalue weighted by atomic mass is 9.83. The Labute approximate surface area is 565 Å². The number of benzene rings is 2. The number of carbonyl (C=O) groups is 5. The van der Waals surface area contributed by atoms with Crippen molar-refractivity contribution in [1.82, 2.24) is 61.7 Å². The van der Waals surface area contributed by atoms with E-state index in [2.05, 4.69) is 62.4 Å². The molecular formula is C60H83Cl2N13O20S. The summed E-state index contributed by atoms with van der Waals surface area (Å²) in [6, 6.07) is 5.81. The molecule has 3 aliphatic rings. The van der Waals surface area contributed by atoms with Crippen molar-refractivity contribution in [2.75, 3.05) is 18.5 Å². The number of ether oxygens (including phenoxy) is 9. The number of nitrogens with one attached hydrogen (secondary N) is 6. The molecule has 2 saturated heterocycles. The van der Waals surface area contributed by atoms with Gasteiger partial charge in [-0.15, -0.1) is 21.5 Å². The molecule has 2 aromatic carbocycles. The van der Waals surface area contributed by atoms with Crippen LogP contribution in [0.25, 0.3) is 21.5 Å². The molecule has 36 heteroatoms. The van der Waals surface area contributed by atoms with Gasteiger partial charge in [-0.25, -0.2) is 33.8 Å².